The zero-order chi connectivity index (χ0) is 17.2. The van der Waals surface area contributed by atoms with Gasteiger partial charge in [-0.1, -0.05) is 30.3 Å². The topological polar surface area (TPSA) is 44.8 Å². The van der Waals surface area contributed by atoms with Crippen LogP contribution in [0, 0.1) is 0 Å². The maximum atomic E-state index is 12.5. The number of rotatable bonds is 9. The molecule has 1 saturated heterocycles. The maximum Gasteiger partial charge on any atom is 0.224 e. The molecular weight excluding hydrogens is 302 g/mol. The molecule has 0 saturated carbocycles. The van der Waals surface area contributed by atoms with Crippen LogP contribution in [0.3, 0.4) is 0 Å². The summed E-state index contributed by atoms with van der Waals surface area (Å²) in [6, 6.07) is 10.4. The quantitative estimate of drug-likeness (QED) is 0.699. The van der Waals surface area contributed by atoms with E-state index < -0.39 is 0 Å². The second-order valence-corrected chi connectivity index (χ2v) is 6.55. The second-order valence-electron chi connectivity index (χ2n) is 6.55. The minimum Gasteiger partial charge on any atom is -0.379 e. The highest BCUT2D eigenvalue weighted by Crippen LogP contribution is 2.09. The van der Waals surface area contributed by atoms with Crippen molar-refractivity contribution >= 4 is 5.91 Å². The molecule has 1 aliphatic heterocycles. The lowest BCUT2D eigenvalue weighted by Crippen LogP contribution is -2.41. The number of hydrogen-bond acceptors (Lipinski definition) is 4. The van der Waals surface area contributed by atoms with Crippen molar-refractivity contribution < 1.29 is 9.53 Å². The number of nitrogens with one attached hydrogen (secondary N) is 1. The first kappa shape index (κ1) is 18.9. The molecule has 134 valence electrons. The SMILES string of the molecule is CC(C)N(Cc1ccccc1)C(=O)CCNCCN1CCOCC1. The molecule has 24 heavy (non-hydrogen) atoms. The van der Waals surface area contributed by atoms with Gasteiger partial charge in [-0.15, -0.1) is 0 Å². The Bertz CT molecular complexity index is 473. The molecule has 0 spiro atoms. The van der Waals surface area contributed by atoms with E-state index in [0.717, 1.165) is 45.9 Å². The van der Waals surface area contributed by atoms with Gasteiger partial charge in [0.1, 0.15) is 0 Å². The molecule has 2 rings (SSSR count). The summed E-state index contributed by atoms with van der Waals surface area (Å²) in [6.07, 6.45) is 0.550. The first-order valence-electron chi connectivity index (χ1n) is 9.01. The Balaban J connectivity index is 1.66. The summed E-state index contributed by atoms with van der Waals surface area (Å²) >= 11 is 0. The molecule has 0 aromatic heterocycles. The molecule has 1 aliphatic rings. The lowest BCUT2D eigenvalue weighted by molar-refractivity contribution is -0.133. The zero-order valence-corrected chi connectivity index (χ0v) is 15.0. The molecule has 0 bridgehead atoms. The molecule has 5 nitrogen and oxygen atoms in total. The molecular formula is C19H31N3O2. The molecule has 0 aliphatic carbocycles. The van der Waals surface area contributed by atoms with E-state index in [4.69, 9.17) is 4.74 Å². The minimum atomic E-state index is 0.214. The Morgan fingerprint density at radius 3 is 2.58 bits per heavy atom. The van der Waals surface area contributed by atoms with Crippen molar-refractivity contribution in [1.29, 1.82) is 0 Å². The number of nitrogens with zero attached hydrogens (tertiary/aromatic N) is 2. The van der Waals surface area contributed by atoms with Crippen LogP contribution in [0.2, 0.25) is 0 Å². The smallest absolute Gasteiger partial charge is 0.224 e. The largest absolute Gasteiger partial charge is 0.379 e. The Morgan fingerprint density at radius 2 is 1.92 bits per heavy atom. The van der Waals surface area contributed by atoms with Crippen LogP contribution in [0.1, 0.15) is 25.8 Å². The predicted octanol–water partition coefficient (Wildman–Crippen LogP) is 1.74. The van der Waals surface area contributed by atoms with E-state index in [9.17, 15) is 4.79 Å². The molecule has 1 N–H and O–H groups in total. The van der Waals surface area contributed by atoms with Crippen molar-refractivity contribution in [3.05, 3.63) is 35.9 Å². The van der Waals surface area contributed by atoms with Gasteiger partial charge in [0.15, 0.2) is 0 Å². The lowest BCUT2D eigenvalue weighted by Gasteiger charge is -2.28. The second kappa shape index (κ2) is 10.4. The van der Waals surface area contributed by atoms with Crippen molar-refractivity contribution in [2.45, 2.75) is 32.9 Å². The molecule has 5 heteroatoms. The van der Waals surface area contributed by atoms with E-state index in [1.54, 1.807) is 0 Å². The number of morpholine rings is 1. The third-order valence-electron chi connectivity index (χ3n) is 4.36. The van der Waals surface area contributed by atoms with Crippen molar-refractivity contribution in [3.8, 4) is 0 Å². The minimum absolute atomic E-state index is 0.214. The van der Waals surface area contributed by atoms with Crippen LogP contribution >= 0.6 is 0 Å². The Labute approximate surface area is 146 Å². The standard InChI is InChI=1S/C19H31N3O2/c1-17(2)22(16-18-6-4-3-5-7-18)19(23)8-9-20-10-11-21-12-14-24-15-13-21/h3-7,17,20H,8-16H2,1-2H3. The van der Waals surface area contributed by atoms with Gasteiger partial charge in [-0.3, -0.25) is 9.69 Å². The Hall–Kier alpha value is -1.43. The highest BCUT2D eigenvalue weighted by atomic mass is 16.5. The van der Waals surface area contributed by atoms with Crippen molar-refractivity contribution in [1.82, 2.24) is 15.1 Å². The van der Waals surface area contributed by atoms with Crippen molar-refractivity contribution in [2.75, 3.05) is 45.9 Å². The van der Waals surface area contributed by atoms with Crippen molar-refractivity contribution in [2.24, 2.45) is 0 Å². The van der Waals surface area contributed by atoms with E-state index >= 15 is 0 Å². The molecule has 1 heterocycles. The van der Waals surface area contributed by atoms with Gasteiger partial charge in [0, 0.05) is 51.7 Å². The van der Waals surface area contributed by atoms with Gasteiger partial charge in [-0.25, -0.2) is 0 Å². The van der Waals surface area contributed by atoms with Gasteiger partial charge in [-0.05, 0) is 19.4 Å². The van der Waals surface area contributed by atoms with Gasteiger partial charge in [0.05, 0.1) is 13.2 Å². The van der Waals surface area contributed by atoms with Crippen LogP contribution in [-0.4, -0.2) is 67.7 Å². The lowest BCUT2D eigenvalue weighted by atomic mass is 10.1. The average molecular weight is 333 g/mol. The number of amides is 1. The van der Waals surface area contributed by atoms with E-state index in [0.29, 0.717) is 13.0 Å². The van der Waals surface area contributed by atoms with Crippen molar-refractivity contribution in [3.63, 3.8) is 0 Å². The fraction of sp³-hybridized carbons (Fsp3) is 0.632. The number of carbonyl (C=O) groups excluding carboxylic acids is 1. The molecule has 1 amide bonds. The van der Waals surface area contributed by atoms with Crippen LogP contribution in [-0.2, 0) is 16.1 Å². The molecule has 1 aromatic carbocycles. The molecule has 1 aromatic rings. The van der Waals surface area contributed by atoms with Gasteiger partial charge in [0.25, 0.3) is 0 Å². The van der Waals surface area contributed by atoms with Crippen LogP contribution in [0.4, 0.5) is 0 Å². The van der Waals surface area contributed by atoms with Crippen LogP contribution in [0.5, 0.6) is 0 Å². The maximum absolute atomic E-state index is 12.5. The van der Waals surface area contributed by atoms with E-state index in [2.05, 4.69) is 36.2 Å². The summed E-state index contributed by atoms with van der Waals surface area (Å²) < 4.78 is 5.34. The van der Waals surface area contributed by atoms with Gasteiger partial charge >= 0.3 is 0 Å². The fourth-order valence-electron chi connectivity index (χ4n) is 2.86. The predicted molar refractivity (Wildman–Crippen MR) is 96.9 cm³/mol. The molecule has 0 unspecified atom stereocenters. The van der Waals surface area contributed by atoms with E-state index in [1.807, 2.05) is 23.1 Å². The highest BCUT2D eigenvalue weighted by molar-refractivity contribution is 5.76. The number of hydrogen-bond donors (Lipinski definition) is 1. The van der Waals surface area contributed by atoms with Crippen LogP contribution in [0.25, 0.3) is 0 Å². The summed E-state index contributed by atoms with van der Waals surface area (Å²) in [5, 5.41) is 3.39. The summed E-state index contributed by atoms with van der Waals surface area (Å²) in [4.78, 5) is 16.9. The summed E-state index contributed by atoms with van der Waals surface area (Å²) in [6.45, 7) is 11.2. The zero-order valence-electron chi connectivity index (χ0n) is 15.0. The summed E-state index contributed by atoms with van der Waals surface area (Å²) in [5.41, 5.74) is 1.18. The summed E-state index contributed by atoms with van der Waals surface area (Å²) in [7, 11) is 0. The number of ether oxygens (including phenoxy) is 1. The van der Waals surface area contributed by atoms with Crippen LogP contribution in [0.15, 0.2) is 30.3 Å². The van der Waals surface area contributed by atoms with Crippen LogP contribution < -0.4 is 5.32 Å². The Morgan fingerprint density at radius 1 is 1.21 bits per heavy atom. The highest BCUT2D eigenvalue weighted by Gasteiger charge is 2.17. The first-order valence-corrected chi connectivity index (χ1v) is 9.01. The van der Waals surface area contributed by atoms with Gasteiger partial charge < -0.3 is 15.0 Å². The normalized spacial score (nSPS) is 15.6. The third-order valence-corrected chi connectivity index (χ3v) is 4.36. The monoisotopic (exact) mass is 333 g/mol. The van der Waals surface area contributed by atoms with E-state index in [1.165, 1.54) is 5.56 Å². The Kier molecular flexibility index (Phi) is 8.22. The number of benzene rings is 1. The molecule has 1 fully saturated rings. The number of carbonyl (C=O) groups is 1. The first-order chi connectivity index (χ1) is 11.7. The summed E-state index contributed by atoms with van der Waals surface area (Å²) in [5.74, 6) is 0.215. The molecule has 0 atom stereocenters. The average Bonchev–Trinajstić information content (AvgIpc) is 2.60. The van der Waals surface area contributed by atoms with Gasteiger partial charge in [-0.2, -0.15) is 0 Å². The fourth-order valence-corrected chi connectivity index (χ4v) is 2.86. The molecule has 0 radical (unpaired) electrons. The van der Waals surface area contributed by atoms with E-state index in [-0.39, 0.29) is 11.9 Å². The third kappa shape index (κ3) is 6.59. The van der Waals surface area contributed by atoms with Gasteiger partial charge in [0.2, 0.25) is 5.91 Å².